The van der Waals surface area contributed by atoms with Crippen molar-refractivity contribution in [3.05, 3.63) is 26.3 Å². The molecule has 0 saturated heterocycles. The molecule has 0 aliphatic heterocycles. The molecule has 1 rings (SSSR count). The highest BCUT2D eigenvalue weighted by Gasteiger charge is 2.20. The van der Waals surface area contributed by atoms with Crippen LogP contribution in [-0.4, -0.2) is 19.5 Å². The van der Waals surface area contributed by atoms with Crippen molar-refractivity contribution in [1.29, 1.82) is 0 Å². The Labute approximate surface area is 109 Å². The number of hydrogen-bond acceptors (Lipinski definition) is 3. The van der Waals surface area contributed by atoms with E-state index in [1.54, 1.807) is 22.6 Å². The van der Waals surface area contributed by atoms with Crippen molar-refractivity contribution in [1.82, 2.24) is 0 Å². The van der Waals surface area contributed by atoms with Gasteiger partial charge >= 0.3 is 5.97 Å². The molecular formula is C7H3Cl2IO4S. The summed E-state index contributed by atoms with van der Waals surface area (Å²) in [5.74, 6) is -1.24. The molecule has 0 saturated carbocycles. The summed E-state index contributed by atoms with van der Waals surface area (Å²) in [4.78, 5) is 10.3. The first kappa shape index (κ1) is 13.0. The molecule has 4 nitrogen and oxygen atoms in total. The van der Waals surface area contributed by atoms with E-state index < -0.39 is 19.9 Å². The Morgan fingerprint density at radius 2 is 1.93 bits per heavy atom. The molecule has 0 amide bonds. The van der Waals surface area contributed by atoms with E-state index in [-0.39, 0.29) is 10.6 Å². The summed E-state index contributed by atoms with van der Waals surface area (Å²) in [6, 6.07) is 2.19. The molecule has 82 valence electrons. The molecule has 0 bridgehead atoms. The largest absolute Gasteiger partial charge is 0.478 e. The van der Waals surface area contributed by atoms with Crippen LogP contribution in [-0.2, 0) is 9.05 Å². The number of halogens is 3. The Hall–Kier alpha value is -0.0500. The number of benzene rings is 1. The average molecular weight is 381 g/mol. The Bertz CT molecular complexity index is 526. The van der Waals surface area contributed by atoms with Crippen LogP contribution in [0.15, 0.2) is 17.0 Å². The number of rotatable bonds is 2. The molecule has 0 aliphatic carbocycles. The van der Waals surface area contributed by atoms with Crippen molar-refractivity contribution >= 4 is 59.9 Å². The maximum atomic E-state index is 11.1. The second-order valence-corrected chi connectivity index (χ2v) is 6.59. The Morgan fingerprint density at radius 3 is 2.33 bits per heavy atom. The minimum absolute atomic E-state index is 0.0735. The fourth-order valence-corrected chi connectivity index (χ4v) is 3.16. The monoisotopic (exact) mass is 380 g/mol. The van der Waals surface area contributed by atoms with Gasteiger partial charge in [-0.05, 0) is 34.7 Å². The lowest BCUT2D eigenvalue weighted by molar-refractivity contribution is 0.0696. The molecular weight excluding hydrogens is 378 g/mol. The van der Waals surface area contributed by atoms with Crippen molar-refractivity contribution < 1.29 is 18.3 Å². The van der Waals surface area contributed by atoms with Crippen LogP contribution in [0.2, 0.25) is 5.02 Å². The molecule has 0 spiro atoms. The first-order valence-corrected chi connectivity index (χ1v) is 7.17. The Balaban J connectivity index is 3.59. The summed E-state index contributed by atoms with van der Waals surface area (Å²) in [6.45, 7) is 0. The van der Waals surface area contributed by atoms with Gasteiger partial charge in [0.15, 0.2) is 0 Å². The molecule has 1 aromatic rings. The minimum atomic E-state index is -4.04. The van der Waals surface area contributed by atoms with E-state index in [4.69, 9.17) is 27.4 Å². The van der Waals surface area contributed by atoms with E-state index >= 15 is 0 Å². The molecule has 15 heavy (non-hydrogen) atoms. The zero-order valence-corrected chi connectivity index (χ0v) is 11.4. The third-order valence-electron chi connectivity index (χ3n) is 1.50. The third-order valence-corrected chi connectivity index (χ3v) is 4.54. The second-order valence-electron chi connectivity index (χ2n) is 2.51. The molecule has 0 unspecified atom stereocenters. The normalized spacial score (nSPS) is 11.4. The van der Waals surface area contributed by atoms with Crippen molar-refractivity contribution in [2.75, 3.05) is 0 Å². The van der Waals surface area contributed by atoms with Gasteiger partial charge in [0.2, 0.25) is 0 Å². The molecule has 8 heteroatoms. The fraction of sp³-hybridized carbons (Fsp3) is 0. The van der Waals surface area contributed by atoms with Crippen LogP contribution >= 0.6 is 44.9 Å². The number of carboxylic acid groups (broad SMARTS) is 1. The van der Waals surface area contributed by atoms with Gasteiger partial charge in [-0.3, -0.25) is 0 Å². The molecule has 0 aromatic heterocycles. The van der Waals surface area contributed by atoms with Gasteiger partial charge in [0.25, 0.3) is 9.05 Å². The van der Waals surface area contributed by atoms with Crippen LogP contribution in [0.25, 0.3) is 0 Å². The molecule has 0 radical (unpaired) electrons. The number of carbonyl (C=O) groups is 1. The maximum absolute atomic E-state index is 11.1. The smallest absolute Gasteiger partial charge is 0.335 e. The average Bonchev–Trinajstić information content (AvgIpc) is 2.06. The summed E-state index contributed by atoms with van der Waals surface area (Å²) in [7, 11) is 1.06. The first-order chi connectivity index (χ1) is 6.73. The van der Waals surface area contributed by atoms with Gasteiger partial charge in [0.05, 0.1) is 10.6 Å². The summed E-state index contributed by atoms with van der Waals surface area (Å²) < 4.78 is 22.4. The van der Waals surface area contributed by atoms with Crippen LogP contribution in [0.3, 0.4) is 0 Å². The van der Waals surface area contributed by atoms with Crippen molar-refractivity contribution in [3.63, 3.8) is 0 Å². The zero-order chi connectivity index (χ0) is 11.8. The van der Waals surface area contributed by atoms with E-state index in [0.717, 1.165) is 6.07 Å². The lowest BCUT2D eigenvalue weighted by Crippen LogP contribution is -2.01. The number of hydrogen-bond donors (Lipinski definition) is 1. The van der Waals surface area contributed by atoms with Crippen LogP contribution in [0.5, 0.6) is 0 Å². The van der Waals surface area contributed by atoms with Gasteiger partial charge in [-0.25, -0.2) is 13.2 Å². The first-order valence-electron chi connectivity index (χ1n) is 3.40. The predicted molar refractivity (Wildman–Crippen MR) is 64.2 cm³/mol. The molecule has 0 heterocycles. The van der Waals surface area contributed by atoms with Gasteiger partial charge < -0.3 is 5.11 Å². The fourth-order valence-electron chi connectivity index (χ4n) is 0.865. The van der Waals surface area contributed by atoms with Crippen molar-refractivity contribution in [3.8, 4) is 0 Å². The van der Waals surface area contributed by atoms with Crippen molar-refractivity contribution in [2.45, 2.75) is 4.90 Å². The third kappa shape index (κ3) is 2.96. The summed E-state index contributed by atoms with van der Waals surface area (Å²) in [5.41, 5.74) is -0.178. The van der Waals surface area contributed by atoms with Gasteiger partial charge in [-0.15, -0.1) is 0 Å². The lowest BCUT2D eigenvalue weighted by Gasteiger charge is -2.04. The van der Waals surface area contributed by atoms with E-state index in [2.05, 4.69) is 0 Å². The van der Waals surface area contributed by atoms with Crippen LogP contribution < -0.4 is 0 Å². The molecule has 1 aromatic carbocycles. The molecule has 0 atom stereocenters. The Morgan fingerprint density at radius 1 is 1.40 bits per heavy atom. The summed E-state index contributed by atoms with van der Waals surface area (Å²) in [5, 5.41) is 8.63. The second kappa shape index (κ2) is 4.44. The molecule has 0 fully saturated rings. The van der Waals surface area contributed by atoms with E-state index in [9.17, 15) is 13.2 Å². The molecule has 1 N–H and O–H groups in total. The number of aromatic carboxylic acids is 1. The van der Waals surface area contributed by atoms with E-state index in [1.807, 2.05) is 0 Å². The number of carboxylic acids is 1. The van der Waals surface area contributed by atoms with Crippen LogP contribution in [0.1, 0.15) is 10.4 Å². The lowest BCUT2D eigenvalue weighted by atomic mass is 10.2. The van der Waals surface area contributed by atoms with Crippen LogP contribution in [0.4, 0.5) is 0 Å². The topological polar surface area (TPSA) is 71.4 Å². The van der Waals surface area contributed by atoms with E-state index in [0.29, 0.717) is 3.57 Å². The maximum Gasteiger partial charge on any atom is 0.335 e. The SMILES string of the molecule is O=C(O)c1cc(I)c(Cl)c(S(=O)(=O)Cl)c1. The summed E-state index contributed by atoms with van der Waals surface area (Å²) >= 11 is 7.42. The Kier molecular flexibility index (Phi) is 3.85. The van der Waals surface area contributed by atoms with Gasteiger partial charge in [-0.2, -0.15) is 0 Å². The van der Waals surface area contributed by atoms with Gasteiger partial charge in [0.1, 0.15) is 4.90 Å². The standard InChI is InChI=1S/C7H3Cl2IO4S/c8-6-4(10)1-3(7(11)12)2-5(6)15(9,13)14/h1-2H,(H,11,12). The molecule has 0 aliphatic rings. The van der Waals surface area contributed by atoms with Gasteiger partial charge in [-0.1, -0.05) is 11.6 Å². The predicted octanol–water partition coefficient (Wildman–Crippen LogP) is 2.57. The van der Waals surface area contributed by atoms with E-state index in [1.165, 1.54) is 6.07 Å². The zero-order valence-electron chi connectivity index (χ0n) is 6.87. The van der Waals surface area contributed by atoms with Crippen molar-refractivity contribution in [2.24, 2.45) is 0 Å². The summed E-state index contributed by atoms with van der Waals surface area (Å²) in [6.07, 6.45) is 0. The highest BCUT2D eigenvalue weighted by molar-refractivity contribution is 14.1. The van der Waals surface area contributed by atoms with Crippen LogP contribution in [0, 0.1) is 3.57 Å². The minimum Gasteiger partial charge on any atom is -0.478 e. The quantitative estimate of drug-likeness (QED) is 0.632. The highest BCUT2D eigenvalue weighted by atomic mass is 127. The van der Waals surface area contributed by atoms with Gasteiger partial charge in [0, 0.05) is 14.3 Å². The highest BCUT2D eigenvalue weighted by Crippen LogP contribution is 2.30.